The van der Waals surface area contributed by atoms with E-state index in [1.54, 1.807) is 26.8 Å². The summed E-state index contributed by atoms with van der Waals surface area (Å²) in [6, 6.07) is 1.63. The number of rotatable bonds is 3. The summed E-state index contributed by atoms with van der Waals surface area (Å²) < 4.78 is 9.97. The third kappa shape index (κ3) is 2.37. The first-order chi connectivity index (χ1) is 7.10. The van der Waals surface area contributed by atoms with Gasteiger partial charge >= 0.3 is 5.97 Å². The van der Waals surface area contributed by atoms with E-state index in [1.165, 1.54) is 0 Å². The Hall–Kier alpha value is -1.78. The molecule has 0 spiro atoms. The molecule has 0 aliphatic carbocycles. The van der Waals surface area contributed by atoms with Gasteiger partial charge in [0.2, 0.25) is 0 Å². The van der Waals surface area contributed by atoms with Gasteiger partial charge in [0, 0.05) is 0 Å². The van der Waals surface area contributed by atoms with Gasteiger partial charge in [-0.1, -0.05) is 5.16 Å². The minimum absolute atomic E-state index is 0.133. The van der Waals surface area contributed by atoms with E-state index in [0.29, 0.717) is 17.1 Å². The van der Waals surface area contributed by atoms with Gasteiger partial charge in [-0.25, -0.2) is 4.79 Å². The van der Waals surface area contributed by atoms with Crippen LogP contribution < -0.4 is 0 Å². The first kappa shape index (κ1) is 11.3. The molecule has 0 saturated carbocycles. The number of hydrogen-bond acceptors (Lipinski definition) is 5. The lowest BCUT2D eigenvalue weighted by molar-refractivity contribution is -0.135. The third-order valence-corrected chi connectivity index (χ3v) is 1.86. The van der Waals surface area contributed by atoms with Gasteiger partial charge in [0.15, 0.2) is 5.71 Å². The van der Waals surface area contributed by atoms with Crippen molar-refractivity contribution in [2.75, 3.05) is 6.61 Å². The van der Waals surface area contributed by atoms with Gasteiger partial charge in [0.05, 0.1) is 12.2 Å². The van der Waals surface area contributed by atoms with Crippen LogP contribution in [0.5, 0.6) is 0 Å². The first-order valence-electron chi connectivity index (χ1n) is 4.56. The molecule has 1 rings (SSSR count). The maximum Gasteiger partial charge on any atom is 0.361 e. The normalized spacial score (nSPS) is 11.5. The molecular weight excluding hydrogens is 198 g/mol. The molecule has 1 aromatic heterocycles. The van der Waals surface area contributed by atoms with Crippen molar-refractivity contribution in [3.05, 3.63) is 23.2 Å². The van der Waals surface area contributed by atoms with Crippen LogP contribution in [-0.2, 0) is 9.53 Å². The molecule has 0 unspecified atom stereocenters. The lowest BCUT2D eigenvalue weighted by Crippen LogP contribution is -2.19. The Morgan fingerprint density at radius 3 is 2.67 bits per heavy atom. The second kappa shape index (κ2) is 4.63. The molecular formula is C10H13NO4. The van der Waals surface area contributed by atoms with Gasteiger partial charge in [-0.3, -0.25) is 0 Å². The van der Waals surface area contributed by atoms with Gasteiger partial charge in [-0.2, -0.15) is 0 Å². The van der Waals surface area contributed by atoms with E-state index in [9.17, 15) is 4.79 Å². The summed E-state index contributed by atoms with van der Waals surface area (Å²) in [5.74, 6) is 0.505. The second-order valence-electron chi connectivity index (χ2n) is 3.00. The average molecular weight is 211 g/mol. The number of ether oxygens (including phenoxy) is 1. The molecule has 0 aliphatic heterocycles. The maximum absolute atomic E-state index is 11.4. The van der Waals surface area contributed by atoms with Crippen LogP contribution >= 0.6 is 0 Å². The second-order valence-corrected chi connectivity index (χ2v) is 3.00. The molecule has 5 nitrogen and oxygen atoms in total. The van der Waals surface area contributed by atoms with Crippen molar-refractivity contribution in [2.45, 2.75) is 20.8 Å². The number of oxime groups is 1. The monoisotopic (exact) mass is 211 g/mol. The highest BCUT2D eigenvalue weighted by molar-refractivity contribution is 6.43. The van der Waals surface area contributed by atoms with Crippen LogP contribution in [0.25, 0.3) is 0 Å². The lowest BCUT2D eigenvalue weighted by atomic mass is 10.1. The largest absolute Gasteiger partial charge is 0.466 e. The minimum Gasteiger partial charge on any atom is -0.466 e. The number of carbonyl (C=O) groups excluding carboxylic acids is 1. The van der Waals surface area contributed by atoms with E-state index in [0.717, 1.165) is 0 Å². The summed E-state index contributed by atoms with van der Waals surface area (Å²) in [5, 5.41) is 11.7. The fourth-order valence-electron chi connectivity index (χ4n) is 1.27. The van der Waals surface area contributed by atoms with Gasteiger partial charge in [-0.05, 0) is 26.8 Å². The van der Waals surface area contributed by atoms with Gasteiger partial charge in [-0.15, -0.1) is 0 Å². The number of nitrogens with zero attached hydrogens (tertiary/aromatic N) is 1. The molecule has 5 heteroatoms. The van der Waals surface area contributed by atoms with Gasteiger partial charge < -0.3 is 14.4 Å². The first-order valence-corrected chi connectivity index (χ1v) is 4.56. The molecule has 1 heterocycles. The SMILES string of the molecule is CCOC(=O)/C(=N\O)c1cc(C)oc1C. The van der Waals surface area contributed by atoms with Gasteiger partial charge in [0.1, 0.15) is 11.5 Å². The number of furan rings is 1. The Labute approximate surface area is 87.3 Å². The van der Waals surface area contributed by atoms with Gasteiger partial charge in [0.25, 0.3) is 0 Å². The molecule has 0 aromatic carbocycles. The Morgan fingerprint density at radius 2 is 2.27 bits per heavy atom. The fraction of sp³-hybridized carbons (Fsp3) is 0.400. The van der Waals surface area contributed by atoms with Crippen molar-refractivity contribution in [3.63, 3.8) is 0 Å². The van der Waals surface area contributed by atoms with Crippen molar-refractivity contribution in [2.24, 2.45) is 5.16 Å². The number of carbonyl (C=O) groups is 1. The number of aryl methyl sites for hydroxylation is 2. The molecule has 0 radical (unpaired) electrons. The molecule has 82 valence electrons. The van der Waals surface area contributed by atoms with E-state index in [-0.39, 0.29) is 12.3 Å². The summed E-state index contributed by atoms with van der Waals surface area (Å²) in [6.45, 7) is 5.34. The van der Waals surface area contributed by atoms with Crippen LogP contribution in [0, 0.1) is 13.8 Å². The number of hydrogen-bond donors (Lipinski definition) is 1. The Bertz CT molecular complexity index is 392. The van der Waals surface area contributed by atoms with Crippen LogP contribution in [0.4, 0.5) is 0 Å². The highest BCUT2D eigenvalue weighted by Gasteiger charge is 2.20. The summed E-state index contributed by atoms with van der Waals surface area (Å²) in [4.78, 5) is 11.4. The van der Waals surface area contributed by atoms with Crippen molar-refractivity contribution in [1.82, 2.24) is 0 Å². The zero-order valence-electron chi connectivity index (χ0n) is 8.90. The lowest BCUT2D eigenvalue weighted by Gasteiger charge is -2.01. The van der Waals surface area contributed by atoms with Crippen LogP contribution in [0.15, 0.2) is 15.6 Å². The van der Waals surface area contributed by atoms with Crippen LogP contribution in [0.2, 0.25) is 0 Å². The fourth-order valence-corrected chi connectivity index (χ4v) is 1.27. The van der Waals surface area contributed by atoms with E-state index in [4.69, 9.17) is 14.4 Å². The molecule has 15 heavy (non-hydrogen) atoms. The molecule has 1 aromatic rings. The molecule has 0 atom stereocenters. The zero-order chi connectivity index (χ0) is 11.4. The zero-order valence-corrected chi connectivity index (χ0v) is 8.90. The van der Waals surface area contributed by atoms with Crippen LogP contribution in [0.3, 0.4) is 0 Å². The Balaban J connectivity index is 3.03. The van der Waals surface area contributed by atoms with Crippen molar-refractivity contribution in [3.8, 4) is 0 Å². The van der Waals surface area contributed by atoms with Crippen LogP contribution in [-0.4, -0.2) is 23.5 Å². The predicted molar refractivity (Wildman–Crippen MR) is 53.1 cm³/mol. The molecule has 0 fully saturated rings. The summed E-state index contributed by atoms with van der Waals surface area (Å²) >= 11 is 0. The van der Waals surface area contributed by atoms with Crippen molar-refractivity contribution >= 4 is 11.7 Å². The highest BCUT2D eigenvalue weighted by atomic mass is 16.5. The number of esters is 1. The summed E-state index contributed by atoms with van der Waals surface area (Å²) in [7, 11) is 0. The molecule has 0 aliphatic rings. The van der Waals surface area contributed by atoms with Crippen molar-refractivity contribution < 1.29 is 19.2 Å². The quantitative estimate of drug-likeness (QED) is 0.357. The Morgan fingerprint density at radius 1 is 1.60 bits per heavy atom. The minimum atomic E-state index is -0.663. The molecule has 0 bridgehead atoms. The maximum atomic E-state index is 11.4. The average Bonchev–Trinajstić information content (AvgIpc) is 2.47. The molecule has 0 amide bonds. The standard InChI is InChI=1S/C10H13NO4/c1-4-14-10(12)9(11-13)8-5-6(2)15-7(8)3/h5,13H,4H2,1-3H3/b11-9-. The van der Waals surface area contributed by atoms with E-state index in [1.807, 2.05) is 0 Å². The molecule has 0 saturated heterocycles. The van der Waals surface area contributed by atoms with Crippen LogP contribution in [0.1, 0.15) is 24.0 Å². The highest BCUT2D eigenvalue weighted by Crippen LogP contribution is 2.15. The Kier molecular flexibility index (Phi) is 3.49. The smallest absolute Gasteiger partial charge is 0.361 e. The third-order valence-electron chi connectivity index (χ3n) is 1.86. The van der Waals surface area contributed by atoms with E-state index >= 15 is 0 Å². The van der Waals surface area contributed by atoms with E-state index in [2.05, 4.69) is 5.16 Å². The summed E-state index contributed by atoms with van der Waals surface area (Å²) in [5.41, 5.74) is 0.319. The van der Waals surface area contributed by atoms with E-state index < -0.39 is 5.97 Å². The predicted octanol–water partition coefficient (Wildman–Crippen LogP) is 1.64. The molecule has 1 N–H and O–H groups in total. The topological polar surface area (TPSA) is 72.0 Å². The summed E-state index contributed by atoms with van der Waals surface area (Å²) in [6.07, 6.45) is 0. The van der Waals surface area contributed by atoms with Crippen molar-refractivity contribution in [1.29, 1.82) is 0 Å².